The summed E-state index contributed by atoms with van der Waals surface area (Å²) in [6.07, 6.45) is 2.60. The Morgan fingerprint density at radius 1 is 1.36 bits per heavy atom. The SMILES string of the molecule is C/C(C=O)=C/C1(C)OC(C)(C)OC1C. The minimum atomic E-state index is -0.576. The molecule has 0 bridgehead atoms. The zero-order valence-corrected chi connectivity index (χ0v) is 9.46. The van der Waals surface area contributed by atoms with Crippen LogP contribution in [0.2, 0.25) is 0 Å². The normalized spacial score (nSPS) is 37.2. The van der Waals surface area contributed by atoms with Gasteiger partial charge in [0.05, 0.1) is 6.10 Å². The maximum absolute atomic E-state index is 10.5. The summed E-state index contributed by atoms with van der Waals surface area (Å²) in [7, 11) is 0. The van der Waals surface area contributed by atoms with E-state index in [1.165, 1.54) is 0 Å². The standard InChI is InChI=1S/C11H18O3/c1-8(7-12)6-11(5)9(2)13-10(3,4)14-11/h6-7,9H,1-5H3/b8-6-. The molecule has 1 saturated heterocycles. The lowest BCUT2D eigenvalue weighted by atomic mass is 9.98. The Morgan fingerprint density at radius 2 is 1.93 bits per heavy atom. The van der Waals surface area contributed by atoms with E-state index in [0.717, 1.165) is 6.29 Å². The van der Waals surface area contributed by atoms with Crippen LogP contribution in [0.5, 0.6) is 0 Å². The minimum absolute atomic E-state index is 0.0487. The Balaban J connectivity index is 2.91. The highest BCUT2D eigenvalue weighted by atomic mass is 16.8. The van der Waals surface area contributed by atoms with Crippen molar-refractivity contribution in [2.45, 2.75) is 52.1 Å². The molecule has 1 heterocycles. The third-order valence-corrected chi connectivity index (χ3v) is 2.43. The number of allylic oxidation sites excluding steroid dienone is 1. The first kappa shape index (κ1) is 11.4. The second-order valence-electron chi connectivity index (χ2n) is 4.45. The summed E-state index contributed by atoms with van der Waals surface area (Å²) in [5.41, 5.74) is 0.162. The Morgan fingerprint density at radius 3 is 2.29 bits per heavy atom. The first-order chi connectivity index (χ1) is 6.29. The van der Waals surface area contributed by atoms with Crippen molar-refractivity contribution in [2.24, 2.45) is 0 Å². The number of ether oxygens (including phenoxy) is 2. The fourth-order valence-electron chi connectivity index (χ4n) is 1.81. The quantitative estimate of drug-likeness (QED) is 0.503. The van der Waals surface area contributed by atoms with E-state index in [1.54, 1.807) is 6.92 Å². The van der Waals surface area contributed by atoms with Crippen molar-refractivity contribution in [3.05, 3.63) is 11.6 Å². The predicted octanol–water partition coefficient (Wildman–Crippen LogP) is 2.06. The average molecular weight is 198 g/mol. The lowest BCUT2D eigenvalue weighted by Crippen LogP contribution is -2.33. The highest BCUT2D eigenvalue weighted by molar-refractivity contribution is 5.72. The molecule has 3 nitrogen and oxygen atoms in total. The van der Waals surface area contributed by atoms with Crippen LogP contribution >= 0.6 is 0 Å². The van der Waals surface area contributed by atoms with Gasteiger partial charge in [-0.2, -0.15) is 0 Å². The van der Waals surface area contributed by atoms with E-state index < -0.39 is 11.4 Å². The second-order valence-corrected chi connectivity index (χ2v) is 4.45. The molecule has 0 aromatic heterocycles. The summed E-state index contributed by atoms with van der Waals surface area (Å²) >= 11 is 0. The van der Waals surface area contributed by atoms with Gasteiger partial charge < -0.3 is 9.47 Å². The molecule has 1 rings (SSSR count). The van der Waals surface area contributed by atoms with E-state index in [1.807, 2.05) is 33.8 Å². The molecule has 2 unspecified atom stereocenters. The molecular weight excluding hydrogens is 180 g/mol. The van der Waals surface area contributed by atoms with Gasteiger partial charge in [-0.3, -0.25) is 4.79 Å². The van der Waals surface area contributed by atoms with Crippen LogP contribution in [0.4, 0.5) is 0 Å². The van der Waals surface area contributed by atoms with Crippen molar-refractivity contribution < 1.29 is 14.3 Å². The summed E-state index contributed by atoms with van der Waals surface area (Å²) in [4.78, 5) is 10.5. The van der Waals surface area contributed by atoms with Gasteiger partial charge in [-0.25, -0.2) is 0 Å². The van der Waals surface area contributed by atoms with Gasteiger partial charge in [0, 0.05) is 0 Å². The number of rotatable bonds is 2. The molecule has 14 heavy (non-hydrogen) atoms. The van der Waals surface area contributed by atoms with Crippen molar-refractivity contribution in [1.29, 1.82) is 0 Å². The molecule has 80 valence electrons. The maximum atomic E-state index is 10.5. The van der Waals surface area contributed by atoms with Crippen molar-refractivity contribution in [3.8, 4) is 0 Å². The van der Waals surface area contributed by atoms with Gasteiger partial charge >= 0.3 is 0 Å². The molecule has 0 amide bonds. The molecule has 0 aromatic rings. The van der Waals surface area contributed by atoms with Gasteiger partial charge in [0.25, 0.3) is 0 Å². The van der Waals surface area contributed by atoms with Crippen molar-refractivity contribution in [2.75, 3.05) is 0 Å². The number of carbonyl (C=O) groups is 1. The third-order valence-electron chi connectivity index (χ3n) is 2.43. The molecule has 1 aliphatic heterocycles. The van der Waals surface area contributed by atoms with E-state index in [-0.39, 0.29) is 6.10 Å². The van der Waals surface area contributed by atoms with Crippen molar-refractivity contribution >= 4 is 6.29 Å². The molecule has 0 radical (unpaired) electrons. The van der Waals surface area contributed by atoms with E-state index in [0.29, 0.717) is 5.57 Å². The molecular formula is C11H18O3. The predicted molar refractivity (Wildman–Crippen MR) is 53.9 cm³/mol. The zero-order chi connectivity index (χ0) is 11.0. The number of hydrogen-bond acceptors (Lipinski definition) is 3. The molecule has 0 aromatic carbocycles. The molecule has 3 heteroatoms. The number of aldehydes is 1. The summed E-state index contributed by atoms with van der Waals surface area (Å²) in [6, 6.07) is 0. The molecule has 0 saturated carbocycles. The van der Waals surface area contributed by atoms with Crippen LogP contribution < -0.4 is 0 Å². The lowest BCUT2D eigenvalue weighted by molar-refractivity contribution is -0.152. The van der Waals surface area contributed by atoms with Gasteiger partial charge in [0.15, 0.2) is 5.79 Å². The summed E-state index contributed by atoms with van der Waals surface area (Å²) in [5.74, 6) is -0.576. The molecule has 1 aliphatic rings. The maximum Gasteiger partial charge on any atom is 0.164 e. The third kappa shape index (κ3) is 2.22. The average Bonchev–Trinajstić information content (AvgIpc) is 2.20. The number of hydrogen-bond donors (Lipinski definition) is 0. The fraction of sp³-hybridized carbons (Fsp3) is 0.727. The van der Waals surface area contributed by atoms with Crippen LogP contribution in [0.25, 0.3) is 0 Å². The second kappa shape index (κ2) is 3.48. The van der Waals surface area contributed by atoms with Crippen molar-refractivity contribution in [1.82, 2.24) is 0 Å². The largest absolute Gasteiger partial charge is 0.344 e. The molecule has 2 atom stereocenters. The van der Waals surface area contributed by atoms with Crippen LogP contribution in [0.1, 0.15) is 34.6 Å². The number of carbonyl (C=O) groups excluding carboxylic acids is 1. The van der Waals surface area contributed by atoms with Gasteiger partial charge in [-0.15, -0.1) is 0 Å². The highest BCUT2D eigenvalue weighted by Crippen LogP contribution is 2.37. The Kier molecular flexibility index (Phi) is 2.83. The molecule has 0 N–H and O–H groups in total. The van der Waals surface area contributed by atoms with Gasteiger partial charge in [0.2, 0.25) is 0 Å². The van der Waals surface area contributed by atoms with Gasteiger partial charge in [0.1, 0.15) is 11.9 Å². The minimum Gasteiger partial charge on any atom is -0.344 e. The van der Waals surface area contributed by atoms with Gasteiger partial charge in [-0.1, -0.05) is 0 Å². The fourth-order valence-corrected chi connectivity index (χ4v) is 1.81. The monoisotopic (exact) mass is 198 g/mol. The molecule has 0 spiro atoms. The highest BCUT2D eigenvalue weighted by Gasteiger charge is 2.46. The van der Waals surface area contributed by atoms with Crippen LogP contribution in [0.3, 0.4) is 0 Å². The topological polar surface area (TPSA) is 35.5 Å². The molecule has 0 aliphatic carbocycles. The Bertz CT molecular complexity index is 268. The molecule has 1 fully saturated rings. The Labute approximate surface area is 85.1 Å². The van der Waals surface area contributed by atoms with E-state index in [2.05, 4.69) is 0 Å². The summed E-state index contributed by atoms with van der Waals surface area (Å²) < 4.78 is 11.4. The van der Waals surface area contributed by atoms with Crippen LogP contribution in [-0.4, -0.2) is 23.8 Å². The first-order valence-corrected chi connectivity index (χ1v) is 4.82. The summed E-state index contributed by atoms with van der Waals surface area (Å²) in [6.45, 7) is 9.39. The van der Waals surface area contributed by atoms with Gasteiger partial charge in [-0.05, 0) is 46.3 Å². The van der Waals surface area contributed by atoms with E-state index in [9.17, 15) is 4.79 Å². The lowest BCUT2D eigenvalue weighted by Gasteiger charge is -2.24. The first-order valence-electron chi connectivity index (χ1n) is 4.82. The zero-order valence-electron chi connectivity index (χ0n) is 9.46. The Hall–Kier alpha value is -0.670. The van der Waals surface area contributed by atoms with Crippen LogP contribution in [0, 0.1) is 0 Å². The smallest absolute Gasteiger partial charge is 0.164 e. The summed E-state index contributed by atoms with van der Waals surface area (Å²) in [5, 5.41) is 0. The van der Waals surface area contributed by atoms with E-state index >= 15 is 0 Å². The van der Waals surface area contributed by atoms with E-state index in [4.69, 9.17) is 9.47 Å². The van der Waals surface area contributed by atoms with Crippen molar-refractivity contribution in [3.63, 3.8) is 0 Å². The van der Waals surface area contributed by atoms with Crippen LogP contribution in [0.15, 0.2) is 11.6 Å². The van der Waals surface area contributed by atoms with Crippen LogP contribution in [-0.2, 0) is 14.3 Å².